The van der Waals surface area contributed by atoms with Crippen LogP contribution in [0.1, 0.15) is 18.9 Å². The van der Waals surface area contributed by atoms with Crippen molar-refractivity contribution in [3.63, 3.8) is 0 Å². The molecule has 1 aliphatic rings. The van der Waals surface area contributed by atoms with Gasteiger partial charge in [0.05, 0.1) is 18.8 Å². The first-order chi connectivity index (χ1) is 8.74. The van der Waals surface area contributed by atoms with Gasteiger partial charge in [0, 0.05) is 17.7 Å². The molecule has 0 radical (unpaired) electrons. The van der Waals surface area contributed by atoms with E-state index in [1.807, 2.05) is 38.2 Å². The molecule has 0 aliphatic heterocycles. The van der Waals surface area contributed by atoms with Gasteiger partial charge < -0.3 is 14.8 Å². The van der Waals surface area contributed by atoms with Gasteiger partial charge in [-0.3, -0.25) is 0 Å². The maximum absolute atomic E-state index is 5.89. The first-order valence-electron chi connectivity index (χ1n) is 6.39. The van der Waals surface area contributed by atoms with Gasteiger partial charge in [0.1, 0.15) is 0 Å². The Balaban J connectivity index is 1.81. The van der Waals surface area contributed by atoms with Gasteiger partial charge in [-0.1, -0.05) is 23.7 Å². The van der Waals surface area contributed by atoms with E-state index in [-0.39, 0.29) is 12.2 Å². The van der Waals surface area contributed by atoms with Crippen molar-refractivity contribution in [2.45, 2.75) is 38.2 Å². The monoisotopic (exact) mass is 269 g/mol. The molecule has 100 valence electrons. The van der Waals surface area contributed by atoms with Crippen molar-refractivity contribution in [2.24, 2.45) is 0 Å². The van der Waals surface area contributed by atoms with E-state index in [1.54, 1.807) is 0 Å². The molecule has 0 saturated heterocycles. The summed E-state index contributed by atoms with van der Waals surface area (Å²) in [6.45, 7) is 3.35. The smallest absolute Gasteiger partial charge is 0.0990 e. The molecular formula is C14H20ClNO2. The summed E-state index contributed by atoms with van der Waals surface area (Å²) in [5.74, 6) is 0. The van der Waals surface area contributed by atoms with Crippen LogP contribution in [-0.4, -0.2) is 31.9 Å². The van der Waals surface area contributed by atoms with E-state index < -0.39 is 0 Å². The molecule has 3 nitrogen and oxygen atoms in total. The van der Waals surface area contributed by atoms with E-state index in [0.29, 0.717) is 12.6 Å². The fourth-order valence-electron chi connectivity index (χ4n) is 2.23. The molecule has 1 fully saturated rings. The van der Waals surface area contributed by atoms with Gasteiger partial charge in [-0.25, -0.2) is 0 Å². The lowest BCUT2D eigenvalue weighted by molar-refractivity contribution is -0.148. The van der Waals surface area contributed by atoms with Gasteiger partial charge in [0.25, 0.3) is 0 Å². The highest BCUT2D eigenvalue weighted by atomic mass is 35.5. The fourth-order valence-corrected chi connectivity index (χ4v) is 2.35. The minimum absolute atomic E-state index is 0.173. The molecule has 1 N–H and O–H groups in total. The zero-order valence-electron chi connectivity index (χ0n) is 10.9. The van der Waals surface area contributed by atoms with Crippen LogP contribution < -0.4 is 5.32 Å². The van der Waals surface area contributed by atoms with Crippen LogP contribution in [0.2, 0.25) is 5.02 Å². The van der Waals surface area contributed by atoms with Gasteiger partial charge in [0.2, 0.25) is 0 Å². The molecule has 0 aromatic heterocycles. The average molecular weight is 270 g/mol. The van der Waals surface area contributed by atoms with Crippen LogP contribution in [0.5, 0.6) is 0 Å². The van der Waals surface area contributed by atoms with Gasteiger partial charge >= 0.3 is 0 Å². The molecule has 3 atom stereocenters. The summed E-state index contributed by atoms with van der Waals surface area (Å²) < 4.78 is 11.6. The highest BCUT2D eigenvalue weighted by Gasteiger charge is 2.41. The van der Waals surface area contributed by atoms with E-state index in [9.17, 15) is 0 Å². The van der Waals surface area contributed by atoms with Crippen molar-refractivity contribution in [2.75, 3.05) is 13.7 Å². The Morgan fingerprint density at radius 2 is 2.00 bits per heavy atom. The van der Waals surface area contributed by atoms with E-state index in [4.69, 9.17) is 21.1 Å². The SMILES string of the molecule is CCOC1C(NC)CC1OCc1ccc(Cl)cc1. The number of likely N-dealkylation sites (N-methyl/N-ethyl adjacent to an activating group) is 1. The standard InChI is InChI=1S/C14H20ClNO2/c1-3-17-14-12(16-2)8-13(14)18-9-10-4-6-11(15)7-5-10/h4-7,12-14,16H,3,8-9H2,1-2H3. The number of rotatable bonds is 6. The number of hydrogen-bond acceptors (Lipinski definition) is 3. The summed E-state index contributed by atoms with van der Waals surface area (Å²) in [5.41, 5.74) is 1.14. The van der Waals surface area contributed by atoms with Crippen LogP contribution >= 0.6 is 11.6 Å². The predicted octanol–water partition coefficient (Wildman–Crippen LogP) is 2.62. The van der Waals surface area contributed by atoms with Crippen LogP contribution in [0.25, 0.3) is 0 Å². The van der Waals surface area contributed by atoms with Crippen LogP contribution in [0, 0.1) is 0 Å². The van der Waals surface area contributed by atoms with E-state index in [2.05, 4.69) is 5.32 Å². The second-order valence-corrected chi connectivity index (χ2v) is 4.96. The minimum atomic E-state index is 0.173. The molecule has 4 heteroatoms. The molecule has 0 amide bonds. The molecule has 0 spiro atoms. The van der Waals surface area contributed by atoms with Crippen molar-refractivity contribution >= 4 is 11.6 Å². The molecule has 3 unspecified atom stereocenters. The summed E-state index contributed by atoms with van der Waals surface area (Å²) >= 11 is 5.85. The van der Waals surface area contributed by atoms with E-state index >= 15 is 0 Å². The van der Waals surface area contributed by atoms with Crippen molar-refractivity contribution in [3.05, 3.63) is 34.9 Å². The quantitative estimate of drug-likeness (QED) is 0.861. The lowest BCUT2D eigenvalue weighted by Gasteiger charge is -2.43. The minimum Gasteiger partial charge on any atom is -0.374 e. The topological polar surface area (TPSA) is 30.5 Å². The van der Waals surface area contributed by atoms with Crippen molar-refractivity contribution in [1.29, 1.82) is 0 Å². The average Bonchev–Trinajstić information content (AvgIpc) is 2.37. The largest absolute Gasteiger partial charge is 0.374 e. The maximum Gasteiger partial charge on any atom is 0.0990 e. The molecule has 2 rings (SSSR count). The number of halogens is 1. The number of hydrogen-bond donors (Lipinski definition) is 1. The van der Waals surface area contributed by atoms with Crippen molar-refractivity contribution in [3.8, 4) is 0 Å². The molecular weight excluding hydrogens is 250 g/mol. The lowest BCUT2D eigenvalue weighted by Crippen LogP contribution is -2.59. The van der Waals surface area contributed by atoms with Crippen LogP contribution in [0.4, 0.5) is 0 Å². The van der Waals surface area contributed by atoms with Gasteiger partial charge in [-0.2, -0.15) is 0 Å². The normalized spacial score (nSPS) is 26.9. The summed E-state index contributed by atoms with van der Waals surface area (Å²) in [7, 11) is 1.96. The highest BCUT2D eigenvalue weighted by Crippen LogP contribution is 2.28. The van der Waals surface area contributed by atoms with E-state index in [1.165, 1.54) is 0 Å². The summed E-state index contributed by atoms with van der Waals surface area (Å²) in [4.78, 5) is 0. The number of nitrogens with one attached hydrogen (secondary N) is 1. The molecule has 1 aliphatic carbocycles. The summed E-state index contributed by atoms with van der Waals surface area (Å²) in [6.07, 6.45) is 1.37. The van der Waals surface area contributed by atoms with Crippen molar-refractivity contribution in [1.82, 2.24) is 5.32 Å². The van der Waals surface area contributed by atoms with Gasteiger partial charge in [0.15, 0.2) is 0 Å². The number of ether oxygens (including phenoxy) is 2. The fraction of sp³-hybridized carbons (Fsp3) is 0.571. The Labute approximate surface area is 113 Å². The summed E-state index contributed by atoms with van der Waals surface area (Å²) in [5, 5.41) is 4.00. The molecule has 0 heterocycles. The Bertz CT molecular complexity index is 369. The first-order valence-corrected chi connectivity index (χ1v) is 6.77. The lowest BCUT2D eigenvalue weighted by atomic mass is 9.85. The third-order valence-corrected chi connectivity index (χ3v) is 3.61. The van der Waals surface area contributed by atoms with Gasteiger partial charge in [-0.05, 0) is 38.1 Å². The molecule has 1 aromatic carbocycles. The Morgan fingerprint density at radius 1 is 1.28 bits per heavy atom. The zero-order chi connectivity index (χ0) is 13.0. The van der Waals surface area contributed by atoms with Crippen LogP contribution in [-0.2, 0) is 16.1 Å². The molecule has 1 aromatic rings. The third kappa shape index (κ3) is 3.23. The Morgan fingerprint density at radius 3 is 2.61 bits per heavy atom. The first kappa shape index (κ1) is 13.8. The Kier molecular flexibility index (Phi) is 5.01. The Hall–Kier alpha value is -0.610. The van der Waals surface area contributed by atoms with Crippen molar-refractivity contribution < 1.29 is 9.47 Å². The van der Waals surface area contributed by atoms with Gasteiger partial charge in [-0.15, -0.1) is 0 Å². The summed E-state index contributed by atoms with van der Waals surface area (Å²) in [6, 6.07) is 8.17. The molecule has 1 saturated carbocycles. The second-order valence-electron chi connectivity index (χ2n) is 4.53. The molecule has 18 heavy (non-hydrogen) atoms. The zero-order valence-corrected chi connectivity index (χ0v) is 11.6. The van der Waals surface area contributed by atoms with Crippen LogP contribution in [0.15, 0.2) is 24.3 Å². The van der Waals surface area contributed by atoms with E-state index in [0.717, 1.165) is 23.6 Å². The predicted molar refractivity (Wildman–Crippen MR) is 72.9 cm³/mol. The number of benzene rings is 1. The molecule has 0 bridgehead atoms. The highest BCUT2D eigenvalue weighted by molar-refractivity contribution is 6.30. The maximum atomic E-state index is 5.89. The third-order valence-electron chi connectivity index (χ3n) is 3.36. The second kappa shape index (κ2) is 6.53. The van der Waals surface area contributed by atoms with Crippen LogP contribution in [0.3, 0.4) is 0 Å².